The summed E-state index contributed by atoms with van der Waals surface area (Å²) in [7, 11) is 0. The molecule has 11 heavy (non-hydrogen) atoms. The van der Waals surface area contributed by atoms with Crippen LogP contribution in [0.15, 0.2) is 23.5 Å². The first kappa shape index (κ1) is 8.38. The van der Waals surface area contributed by atoms with Crippen molar-refractivity contribution in [2.24, 2.45) is 5.92 Å². The fraction of sp³-hybridized carbons (Fsp3) is 0.600. The van der Waals surface area contributed by atoms with Crippen molar-refractivity contribution in [1.29, 1.82) is 0 Å². The Morgan fingerprint density at radius 1 is 1.73 bits per heavy atom. The normalized spacial score (nSPS) is 26.5. The third-order valence-corrected chi connectivity index (χ3v) is 2.49. The predicted octanol–water partition coefficient (Wildman–Crippen LogP) is 3.19. The van der Waals surface area contributed by atoms with Gasteiger partial charge in [-0.25, -0.2) is 0 Å². The molecule has 1 aliphatic carbocycles. The van der Waals surface area contributed by atoms with Crippen molar-refractivity contribution in [2.75, 3.05) is 0 Å². The molecule has 0 amide bonds. The Morgan fingerprint density at radius 3 is 2.91 bits per heavy atom. The molecule has 1 unspecified atom stereocenters. The maximum Gasteiger partial charge on any atom is 0.0783 e. The van der Waals surface area contributed by atoms with E-state index in [4.69, 9.17) is 5.11 Å². The Morgan fingerprint density at radius 2 is 2.45 bits per heavy atom. The second kappa shape index (κ2) is 3.61. The average Bonchev–Trinajstić information content (AvgIpc) is 2.05. The van der Waals surface area contributed by atoms with E-state index in [1.54, 1.807) is 0 Å². The fourth-order valence-electron chi connectivity index (χ4n) is 1.48. The summed E-state index contributed by atoms with van der Waals surface area (Å²) in [6, 6.07) is 0. The SMILES string of the molecule is CC1=CCC(C(C)=CO)CC1. The maximum atomic E-state index is 8.77. The molecule has 0 radical (unpaired) electrons. The average molecular weight is 152 g/mol. The van der Waals surface area contributed by atoms with E-state index in [0.717, 1.165) is 12.0 Å². The Labute approximate surface area is 68.4 Å². The number of allylic oxidation sites excluding steroid dienone is 3. The van der Waals surface area contributed by atoms with Gasteiger partial charge in [-0.3, -0.25) is 0 Å². The molecule has 1 aliphatic rings. The van der Waals surface area contributed by atoms with Gasteiger partial charge in [0.25, 0.3) is 0 Å². The molecule has 0 spiro atoms. The molecule has 0 fully saturated rings. The van der Waals surface area contributed by atoms with Gasteiger partial charge in [0.15, 0.2) is 0 Å². The molecule has 0 aliphatic heterocycles. The lowest BCUT2D eigenvalue weighted by atomic mass is 9.86. The number of hydrogen-bond acceptors (Lipinski definition) is 1. The maximum absolute atomic E-state index is 8.77. The Hall–Kier alpha value is -0.720. The highest BCUT2D eigenvalue weighted by molar-refractivity contribution is 5.10. The summed E-state index contributed by atoms with van der Waals surface area (Å²) in [5.41, 5.74) is 2.61. The summed E-state index contributed by atoms with van der Waals surface area (Å²) in [6.07, 6.45) is 7.02. The van der Waals surface area contributed by atoms with Gasteiger partial charge in [0, 0.05) is 0 Å². The number of aliphatic hydroxyl groups excluding tert-OH is 1. The second-order valence-electron chi connectivity index (χ2n) is 3.39. The molecule has 0 heterocycles. The van der Waals surface area contributed by atoms with Crippen LogP contribution in [0.5, 0.6) is 0 Å². The molecule has 0 bridgehead atoms. The molecule has 0 saturated heterocycles. The van der Waals surface area contributed by atoms with Gasteiger partial charge in [-0.1, -0.05) is 11.6 Å². The Balaban J connectivity index is 2.54. The van der Waals surface area contributed by atoms with Crippen molar-refractivity contribution in [3.63, 3.8) is 0 Å². The zero-order chi connectivity index (χ0) is 8.27. The highest BCUT2D eigenvalue weighted by atomic mass is 16.2. The first-order chi connectivity index (χ1) is 5.24. The zero-order valence-electron chi connectivity index (χ0n) is 7.30. The second-order valence-corrected chi connectivity index (χ2v) is 3.39. The van der Waals surface area contributed by atoms with Crippen molar-refractivity contribution >= 4 is 0 Å². The van der Waals surface area contributed by atoms with Crippen LogP contribution in [0, 0.1) is 5.92 Å². The highest BCUT2D eigenvalue weighted by Gasteiger charge is 2.13. The van der Waals surface area contributed by atoms with Crippen molar-refractivity contribution in [2.45, 2.75) is 33.1 Å². The summed E-state index contributed by atoms with van der Waals surface area (Å²) in [4.78, 5) is 0. The molecular weight excluding hydrogens is 136 g/mol. The van der Waals surface area contributed by atoms with E-state index in [0.29, 0.717) is 5.92 Å². The predicted molar refractivity (Wildman–Crippen MR) is 47.5 cm³/mol. The van der Waals surface area contributed by atoms with Crippen molar-refractivity contribution < 1.29 is 5.11 Å². The van der Waals surface area contributed by atoms with Gasteiger partial charge >= 0.3 is 0 Å². The monoisotopic (exact) mass is 152 g/mol. The van der Waals surface area contributed by atoms with E-state index < -0.39 is 0 Å². The van der Waals surface area contributed by atoms with Gasteiger partial charge in [0.1, 0.15) is 0 Å². The van der Waals surface area contributed by atoms with E-state index in [-0.39, 0.29) is 0 Å². The summed E-state index contributed by atoms with van der Waals surface area (Å²) >= 11 is 0. The van der Waals surface area contributed by atoms with Gasteiger partial charge in [-0.05, 0) is 44.6 Å². The summed E-state index contributed by atoms with van der Waals surface area (Å²) in [6.45, 7) is 4.17. The zero-order valence-corrected chi connectivity index (χ0v) is 7.30. The minimum Gasteiger partial charge on any atom is -0.516 e. The summed E-state index contributed by atoms with van der Waals surface area (Å²) in [5, 5.41) is 8.77. The van der Waals surface area contributed by atoms with Crippen LogP contribution in [0.4, 0.5) is 0 Å². The number of rotatable bonds is 1. The molecular formula is C10H16O. The van der Waals surface area contributed by atoms with Crippen LogP contribution in [0.2, 0.25) is 0 Å². The van der Waals surface area contributed by atoms with Crippen molar-refractivity contribution in [3.05, 3.63) is 23.5 Å². The van der Waals surface area contributed by atoms with Gasteiger partial charge in [0.2, 0.25) is 0 Å². The smallest absolute Gasteiger partial charge is 0.0783 e. The van der Waals surface area contributed by atoms with Crippen LogP contribution in [0.25, 0.3) is 0 Å². The standard InChI is InChI=1S/C10H16O/c1-8-3-5-10(6-4-8)9(2)7-11/h3,7,10-11H,4-6H2,1-2H3. The number of hydrogen-bond donors (Lipinski definition) is 1. The van der Waals surface area contributed by atoms with E-state index >= 15 is 0 Å². The van der Waals surface area contributed by atoms with E-state index in [1.165, 1.54) is 24.7 Å². The molecule has 1 rings (SSSR count). The Kier molecular flexibility index (Phi) is 2.75. The first-order valence-electron chi connectivity index (χ1n) is 4.20. The van der Waals surface area contributed by atoms with Gasteiger partial charge in [-0.15, -0.1) is 0 Å². The molecule has 1 atom stereocenters. The first-order valence-corrected chi connectivity index (χ1v) is 4.20. The third-order valence-electron chi connectivity index (χ3n) is 2.49. The van der Waals surface area contributed by atoms with Crippen LogP contribution in [-0.4, -0.2) is 5.11 Å². The third kappa shape index (κ3) is 2.11. The lowest BCUT2D eigenvalue weighted by Gasteiger charge is -2.20. The van der Waals surface area contributed by atoms with Gasteiger partial charge in [-0.2, -0.15) is 0 Å². The largest absolute Gasteiger partial charge is 0.516 e. The van der Waals surface area contributed by atoms with Crippen LogP contribution in [-0.2, 0) is 0 Å². The summed E-state index contributed by atoms with van der Waals surface area (Å²) < 4.78 is 0. The Bertz CT molecular complexity index is 189. The lowest BCUT2D eigenvalue weighted by Crippen LogP contribution is -2.05. The molecule has 62 valence electrons. The van der Waals surface area contributed by atoms with Crippen LogP contribution < -0.4 is 0 Å². The lowest BCUT2D eigenvalue weighted by molar-refractivity contribution is 0.442. The number of aliphatic hydroxyl groups is 1. The molecule has 1 heteroatoms. The molecule has 0 saturated carbocycles. The van der Waals surface area contributed by atoms with Gasteiger partial charge < -0.3 is 5.11 Å². The minimum absolute atomic E-state index is 0.587. The molecule has 1 nitrogen and oxygen atoms in total. The van der Waals surface area contributed by atoms with E-state index in [1.807, 2.05) is 6.92 Å². The molecule has 1 N–H and O–H groups in total. The van der Waals surface area contributed by atoms with Crippen LogP contribution in [0.3, 0.4) is 0 Å². The minimum atomic E-state index is 0.587. The van der Waals surface area contributed by atoms with Gasteiger partial charge in [0.05, 0.1) is 6.26 Å². The molecule has 0 aromatic carbocycles. The topological polar surface area (TPSA) is 20.2 Å². The van der Waals surface area contributed by atoms with E-state index in [9.17, 15) is 0 Å². The molecule has 0 aromatic rings. The van der Waals surface area contributed by atoms with Crippen LogP contribution >= 0.6 is 0 Å². The fourth-order valence-corrected chi connectivity index (χ4v) is 1.48. The van der Waals surface area contributed by atoms with Crippen molar-refractivity contribution in [3.8, 4) is 0 Å². The van der Waals surface area contributed by atoms with Crippen molar-refractivity contribution in [1.82, 2.24) is 0 Å². The molecule has 0 aromatic heterocycles. The van der Waals surface area contributed by atoms with Crippen LogP contribution in [0.1, 0.15) is 33.1 Å². The quantitative estimate of drug-likeness (QED) is 0.452. The highest BCUT2D eigenvalue weighted by Crippen LogP contribution is 2.28. The van der Waals surface area contributed by atoms with E-state index in [2.05, 4.69) is 13.0 Å². The summed E-state index contributed by atoms with van der Waals surface area (Å²) in [5.74, 6) is 0.587.